The number of likely N-dealkylation sites (N-methyl/N-ethyl adjacent to an activating group) is 1. The number of carbonyl (C=O) groups excluding carboxylic acids is 1. The van der Waals surface area contributed by atoms with E-state index >= 15 is 0 Å². The van der Waals surface area contributed by atoms with Crippen LogP contribution >= 0.6 is 0 Å². The van der Waals surface area contributed by atoms with Crippen molar-refractivity contribution in [3.63, 3.8) is 0 Å². The van der Waals surface area contributed by atoms with Crippen LogP contribution in [0.1, 0.15) is 12.8 Å². The molecule has 108 valence electrons. The smallest absolute Gasteiger partial charge is 0.311 e. The minimum absolute atomic E-state index is 0.0718. The van der Waals surface area contributed by atoms with Crippen molar-refractivity contribution >= 4 is 11.9 Å². The van der Waals surface area contributed by atoms with Crippen LogP contribution in [0.4, 0.5) is 0 Å². The number of amides is 1. The maximum atomic E-state index is 12.3. The summed E-state index contributed by atoms with van der Waals surface area (Å²) in [6.07, 6.45) is 0.826. The Bertz CT molecular complexity index is 362. The molecule has 0 saturated carbocycles. The normalized spacial score (nSPS) is 34.4. The molecule has 2 rings (SSSR count). The zero-order valence-electron chi connectivity index (χ0n) is 10.9. The lowest BCUT2D eigenvalue weighted by Gasteiger charge is -2.28. The number of rotatable bonds is 4. The van der Waals surface area contributed by atoms with Gasteiger partial charge < -0.3 is 25.2 Å². The molecule has 0 radical (unpaired) electrons. The number of ether oxygens (including phenoxy) is 2. The van der Waals surface area contributed by atoms with E-state index in [-0.39, 0.29) is 25.2 Å². The number of hydrogen-bond acceptors (Lipinski definition) is 5. The topological polar surface area (TPSA) is 102 Å². The Hall–Kier alpha value is -1.18. The molecule has 0 aromatic rings. The molecule has 2 fully saturated rings. The van der Waals surface area contributed by atoms with Gasteiger partial charge in [0.1, 0.15) is 12.0 Å². The Labute approximate surface area is 111 Å². The van der Waals surface area contributed by atoms with Crippen LogP contribution in [-0.4, -0.2) is 66.9 Å². The zero-order chi connectivity index (χ0) is 14.0. The second-order valence-corrected chi connectivity index (χ2v) is 5.06. The molecular weight excluding hydrogens is 252 g/mol. The van der Waals surface area contributed by atoms with Gasteiger partial charge in [-0.25, -0.2) is 0 Å². The van der Waals surface area contributed by atoms with Gasteiger partial charge in [-0.1, -0.05) is 0 Å². The lowest BCUT2D eigenvalue weighted by molar-refractivity contribution is -0.148. The molecule has 2 saturated heterocycles. The van der Waals surface area contributed by atoms with Crippen LogP contribution in [-0.2, 0) is 19.1 Å². The van der Waals surface area contributed by atoms with Crippen molar-refractivity contribution in [3.05, 3.63) is 0 Å². The van der Waals surface area contributed by atoms with Gasteiger partial charge in [0.25, 0.3) is 5.91 Å². The highest BCUT2D eigenvalue weighted by Gasteiger charge is 2.41. The highest BCUT2D eigenvalue weighted by molar-refractivity contribution is 5.82. The minimum atomic E-state index is -0.936. The number of nitrogens with two attached hydrogens (primary N) is 1. The summed E-state index contributed by atoms with van der Waals surface area (Å²) in [7, 11) is 1.61. The molecule has 2 aliphatic heterocycles. The molecule has 0 bridgehead atoms. The third-order valence-corrected chi connectivity index (χ3v) is 3.86. The van der Waals surface area contributed by atoms with E-state index in [1.807, 2.05) is 0 Å². The quantitative estimate of drug-likeness (QED) is 0.684. The minimum Gasteiger partial charge on any atom is -0.481 e. The molecule has 4 unspecified atom stereocenters. The van der Waals surface area contributed by atoms with E-state index in [0.29, 0.717) is 13.0 Å². The first kappa shape index (κ1) is 14.2. The average molecular weight is 272 g/mol. The number of aliphatic carboxylic acids is 1. The van der Waals surface area contributed by atoms with Gasteiger partial charge in [0.2, 0.25) is 0 Å². The van der Waals surface area contributed by atoms with Crippen molar-refractivity contribution < 1.29 is 24.2 Å². The Morgan fingerprint density at radius 3 is 2.68 bits per heavy atom. The van der Waals surface area contributed by atoms with Gasteiger partial charge in [0.05, 0.1) is 25.4 Å². The molecular formula is C12H20N2O5. The van der Waals surface area contributed by atoms with E-state index in [4.69, 9.17) is 20.3 Å². The third kappa shape index (κ3) is 2.88. The van der Waals surface area contributed by atoms with E-state index in [2.05, 4.69) is 0 Å². The van der Waals surface area contributed by atoms with Crippen molar-refractivity contribution in [1.29, 1.82) is 0 Å². The van der Waals surface area contributed by atoms with Gasteiger partial charge in [-0.2, -0.15) is 0 Å². The molecule has 0 aromatic carbocycles. The average Bonchev–Trinajstić information content (AvgIpc) is 3.05. The summed E-state index contributed by atoms with van der Waals surface area (Å²) in [4.78, 5) is 24.8. The van der Waals surface area contributed by atoms with Crippen LogP contribution in [0.15, 0.2) is 0 Å². The first-order valence-electron chi connectivity index (χ1n) is 6.47. The molecule has 3 N–H and O–H groups in total. The standard InChI is InChI=1S/C12H20N2O5/c1-14(9-6-18-5-8(9)12(16)17)11(15)10-3-2-7(4-13)19-10/h7-10H,2-6,13H2,1H3,(H,16,17). The molecule has 4 atom stereocenters. The zero-order valence-corrected chi connectivity index (χ0v) is 10.9. The van der Waals surface area contributed by atoms with Crippen molar-refractivity contribution in [2.45, 2.75) is 31.1 Å². The highest BCUT2D eigenvalue weighted by Crippen LogP contribution is 2.24. The highest BCUT2D eigenvalue weighted by atomic mass is 16.5. The molecule has 1 amide bonds. The van der Waals surface area contributed by atoms with Crippen LogP contribution < -0.4 is 5.73 Å². The fraction of sp³-hybridized carbons (Fsp3) is 0.833. The molecule has 7 nitrogen and oxygen atoms in total. The lowest BCUT2D eigenvalue weighted by atomic mass is 10.0. The summed E-state index contributed by atoms with van der Waals surface area (Å²) in [5.74, 6) is -1.78. The maximum Gasteiger partial charge on any atom is 0.311 e. The molecule has 19 heavy (non-hydrogen) atoms. The Morgan fingerprint density at radius 2 is 2.11 bits per heavy atom. The van der Waals surface area contributed by atoms with Crippen molar-refractivity contribution in [2.24, 2.45) is 11.7 Å². The van der Waals surface area contributed by atoms with Crippen molar-refractivity contribution in [1.82, 2.24) is 4.90 Å². The van der Waals surface area contributed by atoms with Crippen molar-refractivity contribution in [2.75, 3.05) is 26.8 Å². The fourth-order valence-electron chi connectivity index (χ4n) is 2.61. The maximum absolute atomic E-state index is 12.3. The number of nitrogens with zero attached hydrogens (tertiary/aromatic N) is 1. The summed E-state index contributed by atoms with van der Waals surface area (Å²) < 4.78 is 10.7. The van der Waals surface area contributed by atoms with Gasteiger partial charge >= 0.3 is 5.97 Å². The molecule has 0 aliphatic carbocycles. The predicted octanol–water partition coefficient (Wildman–Crippen LogP) is -0.949. The summed E-state index contributed by atoms with van der Waals surface area (Å²) in [6.45, 7) is 0.804. The Kier molecular flexibility index (Phi) is 4.38. The van der Waals surface area contributed by atoms with Crippen molar-refractivity contribution in [3.8, 4) is 0 Å². The van der Waals surface area contributed by atoms with E-state index in [1.165, 1.54) is 4.90 Å². The first-order chi connectivity index (χ1) is 9.04. The second-order valence-electron chi connectivity index (χ2n) is 5.06. The van der Waals surface area contributed by atoms with Gasteiger partial charge in [-0.3, -0.25) is 9.59 Å². The Balaban J connectivity index is 1.97. The SMILES string of the molecule is CN(C(=O)C1CCC(CN)O1)C1COCC1C(=O)O. The summed E-state index contributed by atoms with van der Waals surface area (Å²) in [6, 6.07) is -0.425. The summed E-state index contributed by atoms with van der Waals surface area (Å²) >= 11 is 0. The van der Waals surface area contributed by atoms with Gasteiger partial charge in [0.15, 0.2) is 0 Å². The van der Waals surface area contributed by atoms with Crippen LogP contribution in [0, 0.1) is 5.92 Å². The van der Waals surface area contributed by atoms with E-state index < -0.39 is 24.0 Å². The third-order valence-electron chi connectivity index (χ3n) is 3.86. The molecule has 0 spiro atoms. The molecule has 2 heterocycles. The van der Waals surface area contributed by atoms with Gasteiger partial charge in [-0.15, -0.1) is 0 Å². The fourth-order valence-corrected chi connectivity index (χ4v) is 2.61. The van der Waals surface area contributed by atoms with Crippen LogP contribution in [0.2, 0.25) is 0 Å². The molecule has 7 heteroatoms. The number of hydrogen-bond donors (Lipinski definition) is 2. The number of carbonyl (C=O) groups is 2. The predicted molar refractivity (Wildman–Crippen MR) is 65.5 cm³/mol. The number of carboxylic acid groups (broad SMARTS) is 1. The van der Waals surface area contributed by atoms with E-state index in [0.717, 1.165) is 6.42 Å². The largest absolute Gasteiger partial charge is 0.481 e. The van der Waals surface area contributed by atoms with Crippen LogP contribution in [0.3, 0.4) is 0 Å². The summed E-state index contributed by atoms with van der Waals surface area (Å²) in [5.41, 5.74) is 5.51. The second kappa shape index (κ2) is 5.85. The van der Waals surface area contributed by atoms with Gasteiger partial charge in [0, 0.05) is 13.6 Å². The Morgan fingerprint density at radius 1 is 1.37 bits per heavy atom. The van der Waals surface area contributed by atoms with E-state index in [9.17, 15) is 9.59 Å². The molecule has 2 aliphatic rings. The van der Waals surface area contributed by atoms with Crippen LogP contribution in [0.5, 0.6) is 0 Å². The van der Waals surface area contributed by atoms with Crippen LogP contribution in [0.25, 0.3) is 0 Å². The first-order valence-corrected chi connectivity index (χ1v) is 6.47. The molecule has 0 aromatic heterocycles. The van der Waals surface area contributed by atoms with Gasteiger partial charge in [-0.05, 0) is 12.8 Å². The number of carboxylic acids is 1. The summed E-state index contributed by atoms with van der Waals surface area (Å²) in [5, 5.41) is 9.09. The lowest BCUT2D eigenvalue weighted by Crippen LogP contribution is -2.48. The monoisotopic (exact) mass is 272 g/mol. The van der Waals surface area contributed by atoms with E-state index in [1.54, 1.807) is 7.05 Å².